The first-order valence-corrected chi connectivity index (χ1v) is 9.60. The Morgan fingerprint density at radius 3 is 3.00 bits per heavy atom. The number of thioether (sulfide) groups is 1. The van der Waals surface area contributed by atoms with Crippen LogP contribution in [0.5, 0.6) is 0 Å². The molecule has 0 aliphatic rings. The van der Waals surface area contributed by atoms with E-state index in [1.165, 1.54) is 39.9 Å². The summed E-state index contributed by atoms with van der Waals surface area (Å²) in [5, 5.41) is 26.7. The maximum atomic E-state index is 13.8. The normalized spacial score (nSPS) is 12.0. The zero-order valence-electron chi connectivity index (χ0n) is 14.3. The quantitative estimate of drug-likeness (QED) is 0.437. The highest BCUT2D eigenvalue weighted by Gasteiger charge is 2.17. The second-order valence-electron chi connectivity index (χ2n) is 5.55. The van der Waals surface area contributed by atoms with Gasteiger partial charge in [0.1, 0.15) is 5.01 Å². The lowest BCUT2D eigenvalue weighted by Crippen LogP contribution is -2.04. The van der Waals surface area contributed by atoms with Crippen LogP contribution in [0.3, 0.4) is 0 Å². The molecule has 0 aliphatic carbocycles. The van der Waals surface area contributed by atoms with Crippen molar-refractivity contribution in [1.82, 2.24) is 20.0 Å². The van der Waals surface area contributed by atoms with Gasteiger partial charge < -0.3 is 5.32 Å². The van der Waals surface area contributed by atoms with Crippen LogP contribution in [0.15, 0.2) is 42.4 Å². The Kier molecular flexibility index (Phi) is 5.97. The van der Waals surface area contributed by atoms with Gasteiger partial charge >= 0.3 is 0 Å². The van der Waals surface area contributed by atoms with E-state index < -0.39 is 11.6 Å². The van der Waals surface area contributed by atoms with Gasteiger partial charge in [-0.2, -0.15) is 5.10 Å². The van der Waals surface area contributed by atoms with Crippen molar-refractivity contribution in [3.8, 4) is 0 Å². The van der Waals surface area contributed by atoms with Crippen molar-refractivity contribution >= 4 is 39.1 Å². The zero-order chi connectivity index (χ0) is 19.4. The fourth-order valence-corrected chi connectivity index (χ4v) is 3.62. The maximum Gasteiger partial charge on any atom is 0.211 e. The lowest BCUT2D eigenvalue weighted by atomic mass is 10.2. The van der Waals surface area contributed by atoms with Gasteiger partial charge in [-0.3, -0.25) is 10.1 Å². The number of nitrogens with zero attached hydrogens (tertiary/aromatic N) is 4. The van der Waals surface area contributed by atoms with Crippen molar-refractivity contribution in [2.45, 2.75) is 19.4 Å². The van der Waals surface area contributed by atoms with Gasteiger partial charge in [0.05, 0.1) is 17.5 Å². The third kappa shape index (κ3) is 4.58. The van der Waals surface area contributed by atoms with E-state index in [9.17, 15) is 8.78 Å². The Bertz CT molecular complexity index is 968. The summed E-state index contributed by atoms with van der Waals surface area (Å²) in [5.41, 5.74) is 0.218. The molecule has 10 heteroatoms. The first kappa shape index (κ1) is 19.2. The predicted molar refractivity (Wildman–Crippen MR) is 105 cm³/mol. The van der Waals surface area contributed by atoms with E-state index in [1.807, 2.05) is 6.92 Å². The van der Waals surface area contributed by atoms with Crippen LogP contribution in [0.1, 0.15) is 23.4 Å². The molecule has 140 valence electrons. The van der Waals surface area contributed by atoms with Gasteiger partial charge in [-0.15, -0.1) is 10.2 Å². The Balaban J connectivity index is 1.67. The van der Waals surface area contributed by atoms with E-state index >= 15 is 0 Å². The average molecular weight is 406 g/mol. The Morgan fingerprint density at radius 2 is 2.22 bits per heavy atom. The first-order valence-electron chi connectivity index (χ1n) is 7.90. The molecule has 2 heterocycles. The number of hydrogen-bond donors (Lipinski definition) is 2. The number of halogens is 2. The lowest BCUT2D eigenvalue weighted by Gasteiger charge is -2.05. The minimum atomic E-state index is -0.881. The van der Waals surface area contributed by atoms with Crippen LogP contribution >= 0.6 is 23.1 Å². The molecule has 3 rings (SSSR count). The van der Waals surface area contributed by atoms with E-state index in [0.717, 1.165) is 6.07 Å². The summed E-state index contributed by atoms with van der Waals surface area (Å²) in [5.74, 6) is -1.41. The van der Waals surface area contributed by atoms with Crippen molar-refractivity contribution in [2.75, 3.05) is 5.32 Å². The molecule has 1 unspecified atom stereocenters. The summed E-state index contributed by atoms with van der Waals surface area (Å²) in [6, 6.07) is 5.76. The number of nitrogens with one attached hydrogen (secondary N) is 2. The average Bonchev–Trinajstić information content (AvgIpc) is 3.28. The first-order chi connectivity index (χ1) is 13.0. The molecule has 0 spiro atoms. The molecule has 0 saturated heterocycles. The van der Waals surface area contributed by atoms with E-state index in [2.05, 4.69) is 27.2 Å². The van der Waals surface area contributed by atoms with Gasteiger partial charge in [0, 0.05) is 17.8 Å². The predicted octanol–water partition coefficient (Wildman–Crippen LogP) is 4.76. The van der Waals surface area contributed by atoms with Gasteiger partial charge in [0.25, 0.3) is 0 Å². The van der Waals surface area contributed by atoms with Crippen molar-refractivity contribution in [3.05, 3.63) is 64.7 Å². The zero-order valence-corrected chi connectivity index (χ0v) is 15.9. The largest absolute Gasteiger partial charge is 0.313 e. The molecule has 0 radical (unpaired) electrons. The fourth-order valence-electron chi connectivity index (χ4n) is 2.24. The molecule has 0 saturated carbocycles. The smallest absolute Gasteiger partial charge is 0.211 e. The number of aromatic nitrogens is 4. The second-order valence-corrected chi connectivity index (χ2v) is 7.57. The van der Waals surface area contributed by atoms with Gasteiger partial charge in [0.15, 0.2) is 17.5 Å². The van der Waals surface area contributed by atoms with E-state index in [-0.39, 0.29) is 18.0 Å². The Labute approximate surface area is 162 Å². The van der Waals surface area contributed by atoms with Crippen LogP contribution in [-0.2, 0) is 6.54 Å². The number of rotatable bonds is 7. The Morgan fingerprint density at radius 1 is 1.41 bits per heavy atom. The monoisotopic (exact) mass is 406 g/mol. The van der Waals surface area contributed by atoms with Crippen molar-refractivity contribution in [2.24, 2.45) is 0 Å². The number of anilines is 2. The molecule has 6 nitrogen and oxygen atoms in total. The molecule has 0 fully saturated rings. The fraction of sp³-hybridized carbons (Fsp3) is 0.176. The van der Waals surface area contributed by atoms with Gasteiger partial charge in [-0.1, -0.05) is 41.8 Å². The third-order valence-electron chi connectivity index (χ3n) is 3.65. The maximum absolute atomic E-state index is 13.8. The summed E-state index contributed by atoms with van der Waals surface area (Å²) in [6.07, 6.45) is 1.66. The summed E-state index contributed by atoms with van der Waals surface area (Å²) in [6.45, 7) is 5.59. The molecule has 2 N–H and O–H groups in total. The van der Waals surface area contributed by atoms with Crippen LogP contribution in [0, 0.1) is 17.0 Å². The standard InChI is InChI=1S/C17H16F2N6S2/c1-3-26-15(20)10(2)16-22-23-17(27-16)21-13-7-8-25(24-13)9-11-5-4-6-12(18)14(11)19/h3-8,10,20H,1,9H2,2H3,(H,21,23,24). The topological polar surface area (TPSA) is 79.5 Å². The molecule has 0 aliphatic heterocycles. The molecular formula is C17H16F2N6S2. The second kappa shape index (κ2) is 8.40. The van der Waals surface area contributed by atoms with Gasteiger partial charge in [-0.05, 0) is 18.4 Å². The van der Waals surface area contributed by atoms with E-state index in [0.29, 0.717) is 21.0 Å². The highest BCUT2D eigenvalue weighted by molar-refractivity contribution is 8.16. The van der Waals surface area contributed by atoms with Crippen molar-refractivity contribution in [3.63, 3.8) is 0 Å². The molecule has 1 aromatic carbocycles. The molecule has 3 aromatic rings. The van der Waals surface area contributed by atoms with E-state index in [1.54, 1.807) is 17.7 Å². The van der Waals surface area contributed by atoms with Crippen molar-refractivity contribution < 1.29 is 8.78 Å². The SMILES string of the molecule is C=CSC(=N)C(C)c1nnc(Nc2ccn(Cc3cccc(F)c3F)n2)s1. The van der Waals surface area contributed by atoms with Crippen LogP contribution in [0.4, 0.5) is 19.7 Å². The number of benzene rings is 1. The summed E-state index contributed by atoms with van der Waals surface area (Å²) < 4.78 is 28.6. The summed E-state index contributed by atoms with van der Waals surface area (Å²) in [4.78, 5) is 0. The van der Waals surface area contributed by atoms with Crippen LogP contribution in [-0.4, -0.2) is 25.0 Å². The number of hydrogen-bond acceptors (Lipinski definition) is 7. The van der Waals surface area contributed by atoms with Crippen LogP contribution in [0.25, 0.3) is 0 Å². The van der Waals surface area contributed by atoms with Crippen LogP contribution in [0.2, 0.25) is 0 Å². The third-order valence-corrected chi connectivity index (χ3v) is 5.45. The summed E-state index contributed by atoms with van der Waals surface area (Å²) >= 11 is 2.57. The molecule has 27 heavy (non-hydrogen) atoms. The minimum absolute atomic E-state index is 0.111. The highest BCUT2D eigenvalue weighted by Crippen LogP contribution is 2.28. The molecular weight excluding hydrogens is 390 g/mol. The molecule has 0 amide bonds. The lowest BCUT2D eigenvalue weighted by molar-refractivity contribution is 0.492. The van der Waals surface area contributed by atoms with E-state index in [4.69, 9.17) is 5.41 Å². The molecule has 1 atom stereocenters. The van der Waals surface area contributed by atoms with Crippen molar-refractivity contribution in [1.29, 1.82) is 5.41 Å². The van der Waals surface area contributed by atoms with Gasteiger partial charge in [-0.25, -0.2) is 8.78 Å². The van der Waals surface area contributed by atoms with Gasteiger partial charge in [0.2, 0.25) is 5.13 Å². The molecule has 2 aromatic heterocycles. The Hall–Kier alpha value is -2.59. The highest BCUT2D eigenvalue weighted by atomic mass is 32.2. The summed E-state index contributed by atoms with van der Waals surface area (Å²) in [7, 11) is 0. The minimum Gasteiger partial charge on any atom is -0.313 e. The van der Waals surface area contributed by atoms with Crippen LogP contribution < -0.4 is 5.32 Å². The molecule has 0 bridgehead atoms.